The highest BCUT2D eigenvalue weighted by Crippen LogP contribution is 2.32. The van der Waals surface area contributed by atoms with Crippen LogP contribution in [0.4, 0.5) is 5.69 Å². The zero-order chi connectivity index (χ0) is 22.5. The molecule has 7 heteroatoms. The van der Waals surface area contributed by atoms with Crippen molar-refractivity contribution in [3.8, 4) is 11.1 Å². The normalized spacial score (nSPS) is 10.8. The monoisotopic (exact) mass is 436 g/mol. The van der Waals surface area contributed by atoms with Gasteiger partial charge in [0.15, 0.2) is 0 Å². The number of carbonyl (C=O) groups is 2. The molecule has 1 aromatic heterocycles. The largest absolute Gasteiger partial charge is 0.346 e. The molecule has 0 spiro atoms. The minimum absolute atomic E-state index is 0.0435. The van der Waals surface area contributed by atoms with E-state index < -0.39 is 0 Å². The summed E-state index contributed by atoms with van der Waals surface area (Å²) in [7, 11) is 1.71. The molecule has 0 fully saturated rings. The first-order valence-corrected chi connectivity index (χ1v) is 10.4. The predicted molar refractivity (Wildman–Crippen MR) is 123 cm³/mol. The molecule has 0 atom stereocenters. The van der Waals surface area contributed by atoms with E-state index in [1.807, 2.05) is 45.0 Å². The topological polar surface area (TPSA) is 75.2 Å². The summed E-state index contributed by atoms with van der Waals surface area (Å²) in [5, 5.41) is 3.44. The standard InChI is InChI=1S/C24H25ClN4O2/c1-15(2)24(31)29(4)20-11-17(21-6-5-16(3)9-22(21)25)10-18(12-20)23(30)28-14-19-13-26-7-8-27-19/h5-13,15H,14H2,1-4H3,(H,28,30). The van der Waals surface area contributed by atoms with Gasteiger partial charge in [-0.05, 0) is 42.3 Å². The molecule has 0 bridgehead atoms. The fraction of sp³-hybridized carbons (Fsp3) is 0.250. The Morgan fingerprint density at radius 1 is 1.13 bits per heavy atom. The minimum atomic E-state index is -0.276. The highest BCUT2D eigenvalue weighted by atomic mass is 35.5. The number of nitrogens with zero attached hydrogens (tertiary/aromatic N) is 3. The number of rotatable bonds is 6. The maximum absolute atomic E-state index is 12.9. The molecule has 0 radical (unpaired) electrons. The van der Waals surface area contributed by atoms with E-state index in [9.17, 15) is 9.59 Å². The number of benzene rings is 2. The van der Waals surface area contributed by atoms with E-state index in [0.717, 1.165) is 16.7 Å². The quantitative estimate of drug-likeness (QED) is 0.610. The van der Waals surface area contributed by atoms with Gasteiger partial charge in [0, 0.05) is 47.2 Å². The number of anilines is 1. The molecule has 0 saturated heterocycles. The Labute approximate surface area is 187 Å². The number of amides is 2. The first-order valence-electron chi connectivity index (χ1n) is 9.98. The van der Waals surface area contributed by atoms with Gasteiger partial charge in [-0.2, -0.15) is 0 Å². The zero-order valence-electron chi connectivity index (χ0n) is 18.0. The van der Waals surface area contributed by atoms with Crippen LogP contribution in [0.3, 0.4) is 0 Å². The zero-order valence-corrected chi connectivity index (χ0v) is 18.8. The van der Waals surface area contributed by atoms with Gasteiger partial charge in [-0.1, -0.05) is 37.6 Å². The van der Waals surface area contributed by atoms with Crippen LogP contribution >= 0.6 is 11.6 Å². The third kappa shape index (κ3) is 5.47. The molecule has 0 aliphatic carbocycles. The Kier molecular flexibility index (Phi) is 7.02. The number of aryl methyl sites for hydroxylation is 1. The summed E-state index contributed by atoms with van der Waals surface area (Å²) in [6.07, 6.45) is 4.75. The predicted octanol–water partition coefficient (Wildman–Crippen LogP) is 4.65. The van der Waals surface area contributed by atoms with Crippen LogP contribution in [0.1, 0.15) is 35.5 Å². The molecular formula is C24H25ClN4O2. The molecule has 0 unspecified atom stereocenters. The van der Waals surface area contributed by atoms with Gasteiger partial charge in [0.25, 0.3) is 5.91 Å². The molecule has 1 N–H and O–H groups in total. The van der Waals surface area contributed by atoms with Crippen molar-refractivity contribution in [2.75, 3.05) is 11.9 Å². The second-order valence-electron chi connectivity index (χ2n) is 7.68. The van der Waals surface area contributed by atoms with Crippen LogP contribution in [-0.2, 0) is 11.3 Å². The molecule has 0 aliphatic heterocycles. The van der Waals surface area contributed by atoms with Crippen molar-refractivity contribution in [2.24, 2.45) is 5.92 Å². The number of hydrogen-bond donors (Lipinski definition) is 1. The average molecular weight is 437 g/mol. The van der Waals surface area contributed by atoms with E-state index in [2.05, 4.69) is 15.3 Å². The first-order chi connectivity index (χ1) is 14.8. The van der Waals surface area contributed by atoms with Gasteiger partial charge in [0.1, 0.15) is 0 Å². The highest BCUT2D eigenvalue weighted by molar-refractivity contribution is 6.33. The van der Waals surface area contributed by atoms with Gasteiger partial charge in [0.05, 0.1) is 18.4 Å². The van der Waals surface area contributed by atoms with E-state index in [1.54, 1.807) is 42.7 Å². The molecule has 6 nitrogen and oxygen atoms in total. The Bertz CT molecular complexity index is 1100. The van der Waals surface area contributed by atoms with Gasteiger partial charge in [-0.3, -0.25) is 19.6 Å². The van der Waals surface area contributed by atoms with Gasteiger partial charge in [-0.25, -0.2) is 0 Å². The minimum Gasteiger partial charge on any atom is -0.346 e. The molecule has 1 heterocycles. The summed E-state index contributed by atoms with van der Waals surface area (Å²) in [5.41, 5.74) is 4.30. The van der Waals surface area contributed by atoms with Gasteiger partial charge < -0.3 is 10.2 Å². The van der Waals surface area contributed by atoms with Crippen molar-refractivity contribution in [3.05, 3.63) is 76.8 Å². The van der Waals surface area contributed by atoms with Crippen LogP contribution in [0.15, 0.2) is 55.0 Å². The van der Waals surface area contributed by atoms with E-state index in [4.69, 9.17) is 11.6 Å². The first kappa shape index (κ1) is 22.4. The summed E-state index contributed by atoms with van der Waals surface area (Å²) >= 11 is 6.49. The third-order valence-corrected chi connectivity index (χ3v) is 5.19. The van der Waals surface area contributed by atoms with Crippen molar-refractivity contribution >= 4 is 29.1 Å². The van der Waals surface area contributed by atoms with Gasteiger partial charge in [0.2, 0.25) is 5.91 Å². The molecule has 0 saturated carbocycles. The SMILES string of the molecule is Cc1ccc(-c2cc(C(=O)NCc3cnccn3)cc(N(C)C(=O)C(C)C)c2)c(Cl)c1. The van der Waals surface area contributed by atoms with E-state index in [1.165, 1.54) is 0 Å². The van der Waals surface area contributed by atoms with E-state index >= 15 is 0 Å². The number of hydrogen-bond acceptors (Lipinski definition) is 4. The second kappa shape index (κ2) is 9.71. The maximum Gasteiger partial charge on any atom is 0.251 e. The molecule has 2 aromatic carbocycles. The summed E-state index contributed by atoms with van der Waals surface area (Å²) in [4.78, 5) is 35.2. The molecule has 0 aliphatic rings. The lowest BCUT2D eigenvalue weighted by atomic mass is 9.99. The number of halogens is 1. The summed E-state index contributed by atoms with van der Waals surface area (Å²) in [6, 6.07) is 11.1. The Balaban J connectivity index is 1.99. The van der Waals surface area contributed by atoms with Crippen molar-refractivity contribution in [1.82, 2.24) is 15.3 Å². The Hall–Kier alpha value is -3.25. The van der Waals surface area contributed by atoms with Gasteiger partial charge in [-0.15, -0.1) is 0 Å². The van der Waals surface area contributed by atoms with E-state index in [-0.39, 0.29) is 24.3 Å². The fourth-order valence-corrected chi connectivity index (χ4v) is 3.50. The van der Waals surface area contributed by atoms with Crippen molar-refractivity contribution in [2.45, 2.75) is 27.3 Å². The average Bonchev–Trinajstić information content (AvgIpc) is 2.76. The Morgan fingerprint density at radius 3 is 2.55 bits per heavy atom. The van der Waals surface area contributed by atoms with Crippen molar-refractivity contribution in [3.63, 3.8) is 0 Å². The molecule has 31 heavy (non-hydrogen) atoms. The molecule has 3 aromatic rings. The summed E-state index contributed by atoms with van der Waals surface area (Å²) < 4.78 is 0. The second-order valence-corrected chi connectivity index (χ2v) is 8.09. The lowest BCUT2D eigenvalue weighted by Crippen LogP contribution is -2.31. The maximum atomic E-state index is 12.9. The molecule has 3 rings (SSSR count). The van der Waals surface area contributed by atoms with Crippen LogP contribution in [0.2, 0.25) is 5.02 Å². The fourth-order valence-electron chi connectivity index (χ4n) is 3.15. The van der Waals surface area contributed by atoms with E-state index in [0.29, 0.717) is 22.0 Å². The summed E-state index contributed by atoms with van der Waals surface area (Å²) in [5.74, 6) is -0.494. The lowest BCUT2D eigenvalue weighted by molar-refractivity contribution is -0.121. The molecule has 160 valence electrons. The lowest BCUT2D eigenvalue weighted by Gasteiger charge is -2.21. The van der Waals surface area contributed by atoms with Crippen LogP contribution in [0.5, 0.6) is 0 Å². The number of nitrogens with one attached hydrogen (secondary N) is 1. The molecular weight excluding hydrogens is 412 g/mol. The summed E-state index contributed by atoms with van der Waals surface area (Å²) in [6.45, 7) is 5.90. The van der Waals surface area contributed by atoms with Crippen LogP contribution in [0.25, 0.3) is 11.1 Å². The van der Waals surface area contributed by atoms with Crippen LogP contribution in [-0.4, -0.2) is 28.8 Å². The highest BCUT2D eigenvalue weighted by Gasteiger charge is 2.19. The smallest absolute Gasteiger partial charge is 0.251 e. The van der Waals surface area contributed by atoms with Gasteiger partial charge >= 0.3 is 0 Å². The number of aromatic nitrogens is 2. The van der Waals surface area contributed by atoms with Crippen molar-refractivity contribution in [1.29, 1.82) is 0 Å². The van der Waals surface area contributed by atoms with Crippen LogP contribution in [0, 0.1) is 12.8 Å². The Morgan fingerprint density at radius 2 is 1.90 bits per heavy atom. The van der Waals surface area contributed by atoms with Crippen molar-refractivity contribution < 1.29 is 9.59 Å². The van der Waals surface area contributed by atoms with Crippen LogP contribution < -0.4 is 10.2 Å². The molecule has 2 amide bonds. The third-order valence-electron chi connectivity index (χ3n) is 4.87. The number of carbonyl (C=O) groups excluding carboxylic acids is 2.